The Morgan fingerprint density at radius 1 is 1.04 bits per heavy atom. The third kappa shape index (κ3) is 3.15. The van der Waals surface area contributed by atoms with Crippen molar-refractivity contribution in [2.24, 2.45) is 0 Å². The Morgan fingerprint density at radius 3 is 2.46 bits per heavy atom. The Hall–Kier alpha value is -2.71. The van der Waals surface area contributed by atoms with Gasteiger partial charge < -0.3 is 0 Å². The van der Waals surface area contributed by atoms with Gasteiger partial charge in [-0.2, -0.15) is 0 Å². The number of nitro benzene ring substituents is 1. The zero-order chi connectivity index (χ0) is 17.1. The van der Waals surface area contributed by atoms with Crippen molar-refractivity contribution in [3.8, 4) is 0 Å². The van der Waals surface area contributed by atoms with Gasteiger partial charge in [-0.05, 0) is 18.2 Å². The van der Waals surface area contributed by atoms with Crippen LogP contribution in [0, 0.1) is 10.1 Å². The van der Waals surface area contributed by atoms with Gasteiger partial charge in [0.15, 0.2) is 0 Å². The van der Waals surface area contributed by atoms with Crippen molar-refractivity contribution in [2.75, 3.05) is 12.4 Å². The molecule has 0 aliphatic carbocycles. The van der Waals surface area contributed by atoms with Gasteiger partial charge >= 0.3 is 0 Å². The van der Waals surface area contributed by atoms with Gasteiger partial charge in [0, 0.05) is 22.8 Å². The lowest BCUT2D eigenvalue weighted by atomic mass is 10.1. The zero-order valence-corrected chi connectivity index (χ0v) is 13.2. The second-order valence-corrected chi connectivity index (χ2v) is 6.05. The Kier molecular flexibility index (Phi) is 4.59. The van der Waals surface area contributed by atoms with E-state index < -0.39 is 16.7 Å². The van der Waals surface area contributed by atoms with E-state index in [0.717, 1.165) is 11.0 Å². The summed E-state index contributed by atoms with van der Waals surface area (Å²) in [5.74, 6) is -0.726. The molecule has 2 amide bonds. The van der Waals surface area contributed by atoms with E-state index in [2.05, 4.69) is 0 Å². The van der Waals surface area contributed by atoms with Gasteiger partial charge in [-0.15, -0.1) is 16.8 Å². The van der Waals surface area contributed by atoms with Crippen molar-refractivity contribution < 1.29 is 19.3 Å². The minimum absolute atomic E-state index is 0.00934. The number of fused-ring (bicyclic) bond motifs is 1. The zero-order valence-electron chi connectivity index (χ0n) is 12.4. The summed E-state index contributed by atoms with van der Waals surface area (Å²) in [5, 5.41) is 11.4. The highest BCUT2D eigenvalue weighted by Crippen LogP contribution is 2.27. The lowest BCUT2D eigenvalue weighted by Crippen LogP contribution is -2.30. The summed E-state index contributed by atoms with van der Waals surface area (Å²) in [6.07, 6.45) is 0. The lowest BCUT2D eigenvalue weighted by molar-refractivity contribution is -0.384. The van der Waals surface area contributed by atoms with Crippen LogP contribution in [0.4, 0.5) is 5.69 Å². The van der Waals surface area contributed by atoms with Crippen molar-refractivity contribution in [3.05, 3.63) is 69.8 Å². The molecule has 1 heterocycles. The molecule has 1 aliphatic heterocycles. The SMILES string of the molecule is O=C1c2ccc([N+](=O)[O-])cc2C(=O)N1OCCSc1ccccc1. The lowest BCUT2D eigenvalue weighted by Gasteiger charge is -2.12. The molecule has 0 atom stereocenters. The van der Waals surface area contributed by atoms with Crippen LogP contribution in [-0.4, -0.2) is 34.2 Å². The third-order valence-corrected chi connectivity index (χ3v) is 4.34. The largest absolute Gasteiger partial charge is 0.286 e. The molecule has 0 bridgehead atoms. The smallest absolute Gasteiger partial charge is 0.266 e. The fourth-order valence-corrected chi connectivity index (χ4v) is 2.99. The molecular formula is C16H12N2O5S. The van der Waals surface area contributed by atoms with Crippen molar-refractivity contribution >= 4 is 29.3 Å². The normalized spacial score (nSPS) is 13.2. The quantitative estimate of drug-likeness (QED) is 0.263. The number of imide groups is 1. The molecule has 0 saturated heterocycles. The molecule has 0 radical (unpaired) electrons. The Balaban J connectivity index is 1.62. The second-order valence-electron chi connectivity index (χ2n) is 4.89. The number of non-ortho nitro benzene ring substituents is 1. The molecule has 0 spiro atoms. The number of hydroxylamine groups is 2. The first-order valence-corrected chi connectivity index (χ1v) is 8.04. The van der Waals surface area contributed by atoms with Crippen LogP contribution in [0.15, 0.2) is 53.4 Å². The van der Waals surface area contributed by atoms with Crippen LogP contribution in [0.1, 0.15) is 20.7 Å². The fourth-order valence-electron chi connectivity index (χ4n) is 2.24. The van der Waals surface area contributed by atoms with Crippen LogP contribution in [0.25, 0.3) is 0 Å². The molecule has 7 nitrogen and oxygen atoms in total. The maximum Gasteiger partial charge on any atom is 0.286 e. The van der Waals surface area contributed by atoms with E-state index >= 15 is 0 Å². The van der Waals surface area contributed by atoms with Crippen LogP contribution >= 0.6 is 11.8 Å². The van der Waals surface area contributed by atoms with Crippen LogP contribution < -0.4 is 0 Å². The van der Waals surface area contributed by atoms with Gasteiger partial charge in [-0.1, -0.05) is 18.2 Å². The summed E-state index contributed by atoms with van der Waals surface area (Å²) in [5.41, 5.74) is -0.136. The van der Waals surface area contributed by atoms with Crippen molar-refractivity contribution in [3.63, 3.8) is 0 Å². The summed E-state index contributed by atoms with van der Waals surface area (Å²) in [6, 6.07) is 13.2. The number of nitrogens with zero attached hydrogens (tertiary/aromatic N) is 2. The molecule has 0 N–H and O–H groups in total. The number of amides is 2. The number of carbonyl (C=O) groups excluding carboxylic acids is 2. The minimum atomic E-state index is -0.677. The van der Waals surface area contributed by atoms with Crippen molar-refractivity contribution in [1.29, 1.82) is 0 Å². The van der Waals surface area contributed by atoms with E-state index in [4.69, 9.17) is 4.84 Å². The monoisotopic (exact) mass is 344 g/mol. The summed E-state index contributed by atoms with van der Waals surface area (Å²) in [4.78, 5) is 40.8. The molecule has 3 rings (SSSR count). The summed E-state index contributed by atoms with van der Waals surface area (Å²) in [6.45, 7) is 0.160. The Labute approximate surface area is 141 Å². The van der Waals surface area contributed by atoms with Gasteiger partial charge in [0.05, 0.1) is 22.7 Å². The average Bonchev–Trinajstić information content (AvgIpc) is 2.83. The number of benzene rings is 2. The molecule has 8 heteroatoms. The number of hydrogen-bond donors (Lipinski definition) is 0. The molecule has 0 saturated carbocycles. The van der Waals surface area contributed by atoms with E-state index in [0.29, 0.717) is 10.8 Å². The average molecular weight is 344 g/mol. The van der Waals surface area contributed by atoms with E-state index in [1.54, 1.807) is 0 Å². The predicted octanol–water partition coefficient (Wildman–Crippen LogP) is 2.91. The molecule has 0 aromatic heterocycles. The van der Waals surface area contributed by atoms with Crippen molar-refractivity contribution in [2.45, 2.75) is 4.90 Å². The molecule has 2 aromatic carbocycles. The van der Waals surface area contributed by atoms with E-state index in [1.165, 1.54) is 23.9 Å². The fraction of sp³-hybridized carbons (Fsp3) is 0.125. The summed E-state index contributed by atoms with van der Waals surface area (Å²) in [7, 11) is 0. The maximum absolute atomic E-state index is 12.2. The van der Waals surface area contributed by atoms with Crippen LogP contribution in [0.3, 0.4) is 0 Å². The van der Waals surface area contributed by atoms with Gasteiger partial charge in [0.1, 0.15) is 0 Å². The summed E-state index contributed by atoms with van der Waals surface area (Å²) >= 11 is 1.53. The van der Waals surface area contributed by atoms with Gasteiger partial charge in [0.2, 0.25) is 0 Å². The number of hydrogen-bond acceptors (Lipinski definition) is 6. The first kappa shape index (κ1) is 16.2. The topological polar surface area (TPSA) is 89.8 Å². The van der Waals surface area contributed by atoms with E-state index in [9.17, 15) is 19.7 Å². The van der Waals surface area contributed by atoms with Gasteiger partial charge in [-0.3, -0.25) is 24.5 Å². The highest BCUT2D eigenvalue weighted by Gasteiger charge is 2.38. The number of thioether (sulfide) groups is 1. The first-order valence-electron chi connectivity index (χ1n) is 7.06. The second kappa shape index (κ2) is 6.81. The highest BCUT2D eigenvalue weighted by atomic mass is 32.2. The maximum atomic E-state index is 12.2. The van der Waals surface area contributed by atoms with E-state index in [-0.39, 0.29) is 23.4 Å². The molecule has 1 aliphatic rings. The Bertz CT molecular complexity index is 809. The molecule has 24 heavy (non-hydrogen) atoms. The molecule has 122 valence electrons. The number of rotatable bonds is 6. The van der Waals surface area contributed by atoms with Crippen LogP contribution in [-0.2, 0) is 4.84 Å². The molecular weight excluding hydrogens is 332 g/mol. The Morgan fingerprint density at radius 2 is 1.75 bits per heavy atom. The standard InChI is InChI=1S/C16H12N2O5S/c19-15-13-7-6-11(18(21)22)10-14(13)16(20)17(15)23-8-9-24-12-4-2-1-3-5-12/h1-7,10H,8-9H2. The molecule has 0 fully saturated rings. The third-order valence-electron chi connectivity index (χ3n) is 3.36. The first-order chi connectivity index (χ1) is 11.6. The summed E-state index contributed by atoms with van der Waals surface area (Å²) < 4.78 is 0. The number of nitro groups is 1. The molecule has 0 unspecified atom stereocenters. The van der Waals surface area contributed by atoms with Gasteiger partial charge in [0.25, 0.3) is 17.5 Å². The van der Waals surface area contributed by atoms with Gasteiger partial charge in [-0.25, -0.2) is 0 Å². The molecule has 2 aromatic rings. The van der Waals surface area contributed by atoms with Crippen molar-refractivity contribution in [1.82, 2.24) is 5.06 Å². The highest BCUT2D eigenvalue weighted by molar-refractivity contribution is 7.99. The van der Waals surface area contributed by atoms with Crippen LogP contribution in [0.2, 0.25) is 0 Å². The number of carbonyl (C=O) groups is 2. The minimum Gasteiger partial charge on any atom is -0.266 e. The van der Waals surface area contributed by atoms with Crippen LogP contribution in [0.5, 0.6) is 0 Å². The predicted molar refractivity (Wildman–Crippen MR) is 86.7 cm³/mol. The van der Waals surface area contributed by atoms with E-state index in [1.807, 2.05) is 30.3 Å².